The first-order valence-electron chi connectivity index (χ1n) is 5.72. The van der Waals surface area contributed by atoms with Crippen molar-refractivity contribution < 1.29 is 20.2 Å². The summed E-state index contributed by atoms with van der Waals surface area (Å²) in [5, 5.41) is 44.9. The van der Waals surface area contributed by atoms with Crippen molar-refractivity contribution in [2.75, 3.05) is 19.8 Å². The van der Waals surface area contributed by atoms with E-state index in [9.17, 15) is 15.2 Å². The maximum absolute atomic E-state index is 10.5. The highest BCUT2D eigenvalue weighted by Gasteiger charge is 2.22. The molecule has 1 unspecified atom stereocenters. The van der Waals surface area contributed by atoms with E-state index in [0.717, 1.165) is 6.20 Å². The first-order valence-corrected chi connectivity index (χ1v) is 5.72. The SMILES string of the molecule is CC(CO)(CO)NCC(O)Cn1cc([N+](=O)[O-])cn1. The molecule has 0 amide bonds. The molecule has 0 saturated heterocycles. The minimum Gasteiger partial charge on any atom is -0.394 e. The van der Waals surface area contributed by atoms with Gasteiger partial charge in [0.05, 0.1) is 36.3 Å². The van der Waals surface area contributed by atoms with Crippen molar-refractivity contribution in [2.24, 2.45) is 0 Å². The van der Waals surface area contributed by atoms with Gasteiger partial charge in [0.1, 0.15) is 12.4 Å². The third-order valence-corrected chi connectivity index (χ3v) is 2.69. The second-order valence-electron chi connectivity index (χ2n) is 4.59. The van der Waals surface area contributed by atoms with Crippen molar-refractivity contribution in [1.29, 1.82) is 0 Å². The molecule has 1 aromatic rings. The molecule has 0 spiro atoms. The summed E-state index contributed by atoms with van der Waals surface area (Å²) in [6, 6.07) is 0. The summed E-state index contributed by atoms with van der Waals surface area (Å²) in [5.41, 5.74) is -1.02. The van der Waals surface area contributed by atoms with Gasteiger partial charge in [0, 0.05) is 6.54 Å². The Morgan fingerprint density at radius 1 is 1.58 bits per heavy atom. The lowest BCUT2D eigenvalue weighted by molar-refractivity contribution is -0.385. The van der Waals surface area contributed by atoms with Crippen molar-refractivity contribution in [3.8, 4) is 0 Å². The van der Waals surface area contributed by atoms with Gasteiger partial charge in [-0.25, -0.2) is 0 Å². The van der Waals surface area contributed by atoms with Crippen LogP contribution in [0.25, 0.3) is 0 Å². The Bertz CT molecular complexity index is 418. The first kappa shape index (κ1) is 15.5. The molecule has 0 aliphatic carbocycles. The summed E-state index contributed by atoms with van der Waals surface area (Å²) in [4.78, 5) is 9.89. The standard InChI is InChI=1S/C10H18N4O5/c1-10(6-15,7-16)11-3-9(17)5-13-4-8(2-12-13)14(18)19/h2,4,9,11,15-17H,3,5-7H2,1H3. The van der Waals surface area contributed by atoms with Gasteiger partial charge in [-0.05, 0) is 6.92 Å². The molecule has 19 heavy (non-hydrogen) atoms. The van der Waals surface area contributed by atoms with Crippen LogP contribution in [0.4, 0.5) is 5.69 Å². The van der Waals surface area contributed by atoms with Gasteiger partial charge in [-0.1, -0.05) is 0 Å². The number of rotatable bonds is 8. The van der Waals surface area contributed by atoms with Crippen molar-refractivity contribution in [3.05, 3.63) is 22.5 Å². The van der Waals surface area contributed by atoms with E-state index in [1.807, 2.05) is 0 Å². The van der Waals surface area contributed by atoms with Crippen LogP contribution in [0.15, 0.2) is 12.4 Å². The van der Waals surface area contributed by atoms with Crippen LogP contribution in [0.3, 0.4) is 0 Å². The van der Waals surface area contributed by atoms with Crippen LogP contribution in [0.5, 0.6) is 0 Å². The second-order valence-corrected chi connectivity index (χ2v) is 4.59. The molecule has 1 aromatic heterocycles. The Morgan fingerprint density at radius 3 is 2.68 bits per heavy atom. The maximum Gasteiger partial charge on any atom is 0.306 e. The number of β-amino-alcohol motifs (C(OH)–C–C–N with tert-alkyl or cyclic N) is 1. The van der Waals surface area contributed by atoms with Crippen molar-refractivity contribution in [2.45, 2.75) is 25.1 Å². The Morgan fingerprint density at radius 2 is 2.21 bits per heavy atom. The van der Waals surface area contributed by atoms with E-state index in [1.54, 1.807) is 6.92 Å². The normalized spacial score (nSPS) is 13.5. The molecule has 0 radical (unpaired) electrons. The Labute approximate surface area is 109 Å². The molecule has 0 aliphatic rings. The summed E-state index contributed by atoms with van der Waals surface area (Å²) in [5.74, 6) is 0. The van der Waals surface area contributed by atoms with Crippen molar-refractivity contribution in [3.63, 3.8) is 0 Å². The lowest BCUT2D eigenvalue weighted by Gasteiger charge is -2.27. The highest BCUT2D eigenvalue weighted by Crippen LogP contribution is 2.08. The van der Waals surface area contributed by atoms with Gasteiger partial charge in [-0.3, -0.25) is 14.8 Å². The minimum absolute atomic E-state index is 0.0772. The van der Waals surface area contributed by atoms with Gasteiger partial charge in [0.25, 0.3) is 0 Å². The van der Waals surface area contributed by atoms with E-state index in [1.165, 1.54) is 10.9 Å². The Hall–Kier alpha value is -1.55. The minimum atomic E-state index is -0.878. The molecule has 9 heteroatoms. The zero-order chi connectivity index (χ0) is 14.5. The molecule has 0 fully saturated rings. The molecule has 1 rings (SSSR count). The quantitative estimate of drug-likeness (QED) is 0.334. The highest BCUT2D eigenvalue weighted by molar-refractivity contribution is 5.20. The van der Waals surface area contributed by atoms with Gasteiger partial charge in [-0.15, -0.1) is 0 Å². The fourth-order valence-corrected chi connectivity index (χ4v) is 1.35. The zero-order valence-electron chi connectivity index (χ0n) is 10.6. The smallest absolute Gasteiger partial charge is 0.306 e. The maximum atomic E-state index is 10.5. The van der Waals surface area contributed by atoms with Gasteiger partial charge in [0.2, 0.25) is 0 Å². The van der Waals surface area contributed by atoms with Gasteiger partial charge < -0.3 is 20.6 Å². The first-order chi connectivity index (χ1) is 8.90. The lowest BCUT2D eigenvalue weighted by atomic mass is 10.1. The third kappa shape index (κ3) is 4.56. The predicted molar refractivity (Wildman–Crippen MR) is 65.5 cm³/mol. The van der Waals surface area contributed by atoms with Crippen LogP contribution in [0, 0.1) is 10.1 Å². The molecule has 108 valence electrons. The molecule has 9 nitrogen and oxygen atoms in total. The van der Waals surface area contributed by atoms with E-state index >= 15 is 0 Å². The van der Waals surface area contributed by atoms with Crippen LogP contribution >= 0.6 is 0 Å². The molecular weight excluding hydrogens is 256 g/mol. The summed E-state index contributed by atoms with van der Waals surface area (Å²) in [7, 11) is 0. The van der Waals surface area contributed by atoms with E-state index in [2.05, 4.69) is 10.4 Å². The summed E-state index contributed by atoms with van der Waals surface area (Å²) < 4.78 is 1.26. The number of hydrogen-bond acceptors (Lipinski definition) is 7. The molecular formula is C10H18N4O5. The van der Waals surface area contributed by atoms with E-state index in [4.69, 9.17) is 10.2 Å². The topological polar surface area (TPSA) is 134 Å². The lowest BCUT2D eigenvalue weighted by Crippen LogP contribution is -2.51. The van der Waals surface area contributed by atoms with Crippen LogP contribution in [-0.2, 0) is 6.54 Å². The number of nitro groups is 1. The monoisotopic (exact) mass is 274 g/mol. The second kappa shape index (κ2) is 6.57. The number of nitrogens with zero attached hydrogens (tertiary/aromatic N) is 3. The molecule has 0 saturated carbocycles. The number of hydrogen-bond donors (Lipinski definition) is 4. The average Bonchev–Trinajstić information content (AvgIpc) is 2.84. The summed E-state index contributed by atoms with van der Waals surface area (Å²) in [6.45, 7) is 1.25. The van der Waals surface area contributed by atoms with Gasteiger partial charge >= 0.3 is 5.69 Å². The fraction of sp³-hybridized carbons (Fsp3) is 0.700. The highest BCUT2D eigenvalue weighted by atomic mass is 16.6. The zero-order valence-corrected chi connectivity index (χ0v) is 10.6. The molecule has 1 atom stereocenters. The predicted octanol–water partition coefficient (Wildman–Crippen LogP) is -1.51. The number of aromatic nitrogens is 2. The van der Waals surface area contributed by atoms with E-state index < -0.39 is 16.6 Å². The van der Waals surface area contributed by atoms with Crippen LogP contribution in [0.1, 0.15) is 6.92 Å². The molecule has 4 N–H and O–H groups in total. The molecule has 1 heterocycles. The average molecular weight is 274 g/mol. The number of aliphatic hydroxyl groups is 3. The van der Waals surface area contributed by atoms with Gasteiger partial charge in [0.15, 0.2) is 0 Å². The fourth-order valence-electron chi connectivity index (χ4n) is 1.35. The van der Waals surface area contributed by atoms with Crippen LogP contribution < -0.4 is 5.32 Å². The molecule has 0 aliphatic heterocycles. The largest absolute Gasteiger partial charge is 0.394 e. The number of aliphatic hydroxyl groups excluding tert-OH is 3. The third-order valence-electron chi connectivity index (χ3n) is 2.69. The van der Waals surface area contributed by atoms with Gasteiger partial charge in [-0.2, -0.15) is 5.10 Å². The summed E-state index contributed by atoms with van der Waals surface area (Å²) >= 11 is 0. The molecule has 0 aromatic carbocycles. The molecule has 0 bridgehead atoms. The van der Waals surface area contributed by atoms with Crippen molar-refractivity contribution >= 4 is 5.69 Å². The number of nitrogens with one attached hydrogen (secondary N) is 1. The Balaban J connectivity index is 2.46. The van der Waals surface area contributed by atoms with Crippen molar-refractivity contribution in [1.82, 2.24) is 15.1 Å². The van der Waals surface area contributed by atoms with E-state index in [-0.39, 0.29) is 32.0 Å². The van der Waals surface area contributed by atoms with Crippen LogP contribution in [-0.4, -0.2) is 61.4 Å². The van der Waals surface area contributed by atoms with Crippen LogP contribution in [0.2, 0.25) is 0 Å². The van der Waals surface area contributed by atoms with E-state index in [0.29, 0.717) is 0 Å². The Kier molecular flexibility index (Phi) is 5.36. The summed E-state index contributed by atoms with van der Waals surface area (Å²) in [6.07, 6.45) is 1.48.